The molecular formula is C15H22N6O11S. The summed E-state index contributed by atoms with van der Waals surface area (Å²) in [5.74, 6) is -5.57. The van der Waals surface area contributed by atoms with E-state index in [1.54, 1.807) is 0 Å². The first-order chi connectivity index (χ1) is 15.3. The van der Waals surface area contributed by atoms with Crippen molar-refractivity contribution in [1.29, 1.82) is 0 Å². The van der Waals surface area contributed by atoms with Crippen LogP contribution in [0.2, 0.25) is 0 Å². The monoisotopic (exact) mass is 494 g/mol. The summed E-state index contributed by atoms with van der Waals surface area (Å²) >= 11 is 0.810. The number of amides is 3. The molecule has 0 bridgehead atoms. The molecule has 1 aliphatic rings. The van der Waals surface area contributed by atoms with Crippen LogP contribution in [0.15, 0.2) is 0 Å². The van der Waals surface area contributed by atoms with Gasteiger partial charge in [-0.2, -0.15) is 0 Å². The van der Waals surface area contributed by atoms with Crippen LogP contribution >= 0.6 is 11.8 Å². The Morgan fingerprint density at radius 3 is 2.12 bits per heavy atom. The number of carbonyl (C=O) groups excluding carboxylic acids is 3. The van der Waals surface area contributed by atoms with Crippen molar-refractivity contribution in [2.45, 2.75) is 30.6 Å². The second-order valence-corrected chi connectivity index (χ2v) is 8.00. The lowest BCUT2D eigenvalue weighted by Gasteiger charge is -2.36. The van der Waals surface area contributed by atoms with Crippen molar-refractivity contribution < 1.29 is 44.0 Å². The summed E-state index contributed by atoms with van der Waals surface area (Å²) in [6, 6.07) is -2.60. The molecule has 0 aromatic carbocycles. The number of hydrogen-bond acceptors (Lipinski definition) is 11. The molecule has 33 heavy (non-hydrogen) atoms. The van der Waals surface area contributed by atoms with E-state index in [9.17, 15) is 44.2 Å². The fourth-order valence-corrected chi connectivity index (χ4v) is 3.50. The van der Waals surface area contributed by atoms with E-state index in [4.69, 9.17) is 15.9 Å². The van der Waals surface area contributed by atoms with E-state index < -0.39 is 83.3 Å². The molecular weight excluding hydrogens is 472 g/mol. The van der Waals surface area contributed by atoms with E-state index in [0.717, 1.165) is 16.7 Å². The van der Waals surface area contributed by atoms with Crippen molar-refractivity contribution in [2.75, 3.05) is 31.1 Å². The number of carboxylic acid groups (broad SMARTS) is 2. The molecule has 1 saturated heterocycles. The van der Waals surface area contributed by atoms with Crippen LogP contribution in [0.5, 0.6) is 0 Å². The Balaban J connectivity index is 2.66. The SMILES string of the molecule is N[C@@H](CCC(=O)O)C(=O)N[C@@H](CSCC(=O)N1CC([N+](=O)[O-])([N+](=O)[O-])C1)C(=O)NCC(=O)O. The average molecular weight is 494 g/mol. The lowest BCUT2D eigenvalue weighted by atomic mass is 10.0. The van der Waals surface area contributed by atoms with Gasteiger partial charge in [0.2, 0.25) is 17.7 Å². The number of likely N-dealkylation sites (tertiary alicyclic amines) is 1. The normalized spacial score (nSPS) is 16.0. The fourth-order valence-electron chi connectivity index (χ4n) is 2.55. The summed E-state index contributed by atoms with van der Waals surface area (Å²) in [7, 11) is 0. The second-order valence-electron chi connectivity index (χ2n) is 6.97. The van der Waals surface area contributed by atoms with Gasteiger partial charge in [-0.15, -0.1) is 11.8 Å². The minimum absolute atomic E-state index is 0.222. The predicted molar refractivity (Wildman–Crippen MR) is 108 cm³/mol. The minimum Gasteiger partial charge on any atom is -0.481 e. The smallest absolute Gasteiger partial charge is 0.481 e. The Bertz CT molecular complexity index is 815. The first kappa shape index (κ1) is 27.5. The van der Waals surface area contributed by atoms with Crippen LogP contribution in [0.4, 0.5) is 0 Å². The molecule has 2 atom stereocenters. The van der Waals surface area contributed by atoms with Gasteiger partial charge in [-0.1, -0.05) is 0 Å². The largest absolute Gasteiger partial charge is 0.492 e. The van der Waals surface area contributed by atoms with Crippen LogP contribution in [0, 0.1) is 20.2 Å². The standard InChI is InChI=1S/C15H22N6O11S/c16-8(1-2-11(23)24)13(27)18-9(14(28)17-3-12(25)26)4-33-5-10(22)19-6-15(7-19,20(29)30)21(31)32/h8-9H,1-7,16H2,(H,17,28)(H,18,27)(H,23,24)(H,25,26)/t8-,9-/m0/s1. The Labute approximate surface area is 189 Å². The van der Waals surface area contributed by atoms with Gasteiger partial charge in [0, 0.05) is 12.2 Å². The molecule has 1 heterocycles. The van der Waals surface area contributed by atoms with E-state index in [2.05, 4.69) is 5.32 Å². The highest BCUT2D eigenvalue weighted by Gasteiger charge is 2.67. The Hall–Kier alpha value is -3.54. The van der Waals surface area contributed by atoms with E-state index >= 15 is 0 Å². The molecule has 6 N–H and O–H groups in total. The zero-order valence-corrected chi connectivity index (χ0v) is 17.8. The Morgan fingerprint density at radius 2 is 1.64 bits per heavy atom. The van der Waals surface area contributed by atoms with Crippen molar-refractivity contribution in [1.82, 2.24) is 15.5 Å². The zero-order valence-electron chi connectivity index (χ0n) is 17.0. The van der Waals surface area contributed by atoms with Gasteiger partial charge < -0.3 is 31.5 Å². The minimum atomic E-state index is -2.46. The van der Waals surface area contributed by atoms with Crippen molar-refractivity contribution in [3.05, 3.63) is 20.2 Å². The first-order valence-electron chi connectivity index (χ1n) is 9.22. The van der Waals surface area contributed by atoms with Gasteiger partial charge in [-0.25, -0.2) is 0 Å². The number of aliphatic carboxylic acids is 2. The Kier molecular flexibility index (Phi) is 9.92. The van der Waals surface area contributed by atoms with Crippen LogP contribution in [0.3, 0.4) is 0 Å². The molecule has 184 valence electrons. The van der Waals surface area contributed by atoms with Gasteiger partial charge in [0.25, 0.3) is 0 Å². The van der Waals surface area contributed by atoms with Crippen LogP contribution in [-0.4, -0.2) is 104 Å². The summed E-state index contributed by atoms with van der Waals surface area (Å²) < 4.78 is 0. The summed E-state index contributed by atoms with van der Waals surface area (Å²) in [4.78, 5) is 78.2. The highest BCUT2D eigenvalue weighted by atomic mass is 32.2. The van der Waals surface area contributed by atoms with E-state index in [-0.39, 0.29) is 17.9 Å². The molecule has 0 spiro atoms. The molecule has 0 aromatic rings. The zero-order chi connectivity index (χ0) is 25.3. The number of carbonyl (C=O) groups is 5. The molecule has 1 aliphatic heterocycles. The van der Waals surface area contributed by atoms with E-state index in [0.29, 0.717) is 0 Å². The number of nitrogens with two attached hydrogens (primary N) is 1. The third kappa shape index (κ3) is 7.83. The summed E-state index contributed by atoms with van der Waals surface area (Å²) in [5, 5.41) is 43.4. The van der Waals surface area contributed by atoms with Gasteiger partial charge >= 0.3 is 17.6 Å². The van der Waals surface area contributed by atoms with Crippen molar-refractivity contribution in [3.63, 3.8) is 0 Å². The second kappa shape index (κ2) is 11.9. The lowest BCUT2D eigenvalue weighted by Crippen LogP contribution is -2.71. The highest BCUT2D eigenvalue weighted by molar-refractivity contribution is 8.00. The number of rotatable bonds is 14. The number of nitrogens with one attached hydrogen (secondary N) is 2. The molecule has 1 rings (SSSR count). The fraction of sp³-hybridized carbons (Fsp3) is 0.667. The van der Waals surface area contributed by atoms with Crippen LogP contribution in [0.1, 0.15) is 12.8 Å². The molecule has 3 amide bonds. The number of carboxylic acids is 2. The van der Waals surface area contributed by atoms with Crippen LogP contribution < -0.4 is 16.4 Å². The average Bonchev–Trinajstić information content (AvgIpc) is 2.67. The third-order valence-corrected chi connectivity index (χ3v) is 5.50. The number of nitro groups is 2. The predicted octanol–water partition coefficient (Wildman–Crippen LogP) is -3.31. The maximum Gasteiger partial charge on any atom is 0.492 e. The molecule has 1 fully saturated rings. The first-order valence-corrected chi connectivity index (χ1v) is 10.4. The molecule has 0 radical (unpaired) electrons. The molecule has 17 nitrogen and oxygen atoms in total. The van der Waals surface area contributed by atoms with Crippen LogP contribution in [0.25, 0.3) is 0 Å². The number of thioether (sulfide) groups is 1. The highest BCUT2D eigenvalue weighted by Crippen LogP contribution is 2.25. The quantitative estimate of drug-likeness (QED) is 0.0900. The molecule has 0 unspecified atom stereocenters. The van der Waals surface area contributed by atoms with E-state index in [1.807, 2.05) is 5.32 Å². The van der Waals surface area contributed by atoms with Crippen molar-refractivity contribution >= 4 is 41.4 Å². The lowest BCUT2D eigenvalue weighted by molar-refractivity contribution is -0.809. The molecule has 0 aromatic heterocycles. The van der Waals surface area contributed by atoms with Gasteiger partial charge in [-0.3, -0.25) is 44.2 Å². The Morgan fingerprint density at radius 1 is 1.06 bits per heavy atom. The summed E-state index contributed by atoms with van der Waals surface area (Å²) in [6.07, 6.45) is -0.626. The topological polar surface area (TPSA) is 265 Å². The maximum absolute atomic E-state index is 12.2. The van der Waals surface area contributed by atoms with Gasteiger partial charge in [0.05, 0.1) is 11.8 Å². The summed E-state index contributed by atoms with van der Waals surface area (Å²) in [6.45, 7) is -2.19. The van der Waals surface area contributed by atoms with Gasteiger partial charge in [0.15, 0.2) is 13.1 Å². The van der Waals surface area contributed by atoms with Gasteiger partial charge in [-0.05, 0) is 6.42 Å². The third-order valence-electron chi connectivity index (χ3n) is 4.48. The van der Waals surface area contributed by atoms with Gasteiger partial charge in [0.1, 0.15) is 22.4 Å². The van der Waals surface area contributed by atoms with Crippen molar-refractivity contribution in [3.8, 4) is 0 Å². The van der Waals surface area contributed by atoms with Crippen LogP contribution in [-0.2, 0) is 24.0 Å². The van der Waals surface area contributed by atoms with E-state index in [1.165, 1.54) is 0 Å². The number of nitrogens with zero attached hydrogens (tertiary/aromatic N) is 3. The number of hydrogen-bond donors (Lipinski definition) is 5. The molecule has 0 saturated carbocycles. The summed E-state index contributed by atoms with van der Waals surface area (Å²) in [5.41, 5.74) is 3.12. The molecule has 18 heteroatoms. The molecule has 0 aliphatic carbocycles. The maximum atomic E-state index is 12.2. The van der Waals surface area contributed by atoms with Crippen molar-refractivity contribution in [2.24, 2.45) is 5.73 Å².